The summed E-state index contributed by atoms with van der Waals surface area (Å²) in [6, 6.07) is 19.0. The monoisotopic (exact) mass is 376 g/mol. The molecule has 1 aliphatic heterocycles. The summed E-state index contributed by atoms with van der Waals surface area (Å²) in [5.74, 6) is -0.415. The average Bonchev–Trinajstić information content (AvgIpc) is 3.17. The lowest BCUT2D eigenvalue weighted by Gasteiger charge is -2.43. The first kappa shape index (κ1) is 18.9. The van der Waals surface area contributed by atoms with Crippen molar-refractivity contribution >= 4 is 11.5 Å². The molecule has 0 bridgehead atoms. The van der Waals surface area contributed by atoms with Gasteiger partial charge in [0.1, 0.15) is 5.66 Å². The van der Waals surface area contributed by atoms with Gasteiger partial charge in [-0.1, -0.05) is 60.2 Å². The Morgan fingerprint density at radius 1 is 1.07 bits per heavy atom. The number of carbonyl (C=O) groups excluding carboxylic acids is 1. The lowest BCUT2D eigenvalue weighted by molar-refractivity contribution is -0.151. The van der Waals surface area contributed by atoms with E-state index in [0.29, 0.717) is 6.61 Å². The van der Waals surface area contributed by atoms with Crippen molar-refractivity contribution in [2.45, 2.75) is 31.8 Å². The third-order valence-corrected chi connectivity index (χ3v) is 5.89. The van der Waals surface area contributed by atoms with E-state index in [-0.39, 0.29) is 17.8 Å². The number of hydrogen-bond donors (Lipinski definition) is 2. The van der Waals surface area contributed by atoms with Crippen molar-refractivity contribution in [2.75, 3.05) is 19.7 Å². The Kier molecular flexibility index (Phi) is 5.33. The summed E-state index contributed by atoms with van der Waals surface area (Å²) in [4.78, 5) is 13.1. The molecular weight excluding hydrogens is 348 g/mol. The topological polar surface area (TPSA) is 50.4 Å². The van der Waals surface area contributed by atoms with Crippen LogP contribution in [0.4, 0.5) is 0 Å². The van der Waals surface area contributed by atoms with Crippen molar-refractivity contribution in [3.8, 4) is 0 Å². The minimum absolute atomic E-state index is 0.0398. The summed E-state index contributed by atoms with van der Waals surface area (Å²) in [6.45, 7) is 6.00. The highest BCUT2D eigenvalue weighted by molar-refractivity contribution is 5.80. The van der Waals surface area contributed by atoms with E-state index in [4.69, 9.17) is 4.74 Å². The van der Waals surface area contributed by atoms with E-state index < -0.39 is 5.66 Å². The van der Waals surface area contributed by atoms with Gasteiger partial charge >= 0.3 is 5.97 Å². The number of hydrogen-bond acceptors (Lipinski definition) is 4. The molecule has 28 heavy (non-hydrogen) atoms. The van der Waals surface area contributed by atoms with Gasteiger partial charge in [0.05, 0.1) is 12.5 Å². The Bertz CT molecular complexity index is 852. The van der Waals surface area contributed by atoms with Gasteiger partial charge in [-0.2, -0.15) is 0 Å². The highest BCUT2D eigenvalue weighted by atomic mass is 16.5. The molecule has 4 rings (SSSR count). The van der Waals surface area contributed by atoms with Gasteiger partial charge in [0, 0.05) is 19.0 Å². The molecule has 2 N–H and O–H groups in total. The van der Waals surface area contributed by atoms with E-state index in [0.717, 1.165) is 19.5 Å². The van der Waals surface area contributed by atoms with Crippen LogP contribution in [0.1, 0.15) is 36.0 Å². The first-order valence-corrected chi connectivity index (χ1v) is 10.1. The van der Waals surface area contributed by atoms with Crippen LogP contribution >= 0.6 is 0 Å². The molecule has 2 aromatic carbocycles. The van der Waals surface area contributed by atoms with Crippen LogP contribution in [-0.2, 0) is 9.53 Å². The van der Waals surface area contributed by atoms with E-state index in [1.165, 1.54) is 22.3 Å². The van der Waals surface area contributed by atoms with Gasteiger partial charge < -0.3 is 4.74 Å². The lowest BCUT2D eigenvalue weighted by Crippen LogP contribution is -2.60. The zero-order valence-electron chi connectivity index (χ0n) is 16.6. The summed E-state index contributed by atoms with van der Waals surface area (Å²) < 4.78 is 5.54. The van der Waals surface area contributed by atoms with Crippen LogP contribution in [0.5, 0.6) is 0 Å². The molecule has 2 unspecified atom stereocenters. The van der Waals surface area contributed by atoms with Crippen LogP contribution in [-0.4, -0.2) is 31.3 Å². The normalized spacial score (nSPS) is 23.4. The highest BCUT2D eigenvalue weighted by Gasteiger charge is 2.51. The molecule has 0 aromatic heterocycles. The molecule has 0 saturated carbocycles. The number of benzene rings is 2. The maximum atomic E-state index is 13.1. The fourth-order valence-electron chi connectivity index (χ4n) is 4.58. The molecule has 0 amide bonds. The standard InChI is InChI=1S/C24H28N2O2/c1-3-28-23(27)22-21(19-11-9-17(2)10-12-19)15-20(18-7-5-4-6-8-18)16-24(22)25-13-14-26-24/h4-12,16,21-22,25-26H,3,13-15H2,1-2H3. The second kappa shape index (κ2) is 7.90. The van der Waals surface area contributed by atoms with Crippen molar-refractivity contribution in [3.63, 3.8) is 0 Å². The third-order valence-electron chi connectivity index (χ3n) is 5.89. The summed E-state index contributed by atoms with van der Waals surface area (Å²) in [5.41, 5.74) is 4.29. The summed E-state index contributed by atoms with van der Waals surface area (Å²) in [7, 11) is 0. The van der Waals surface area contributed by atoms with Crippen molar-refractivity contribution in [1.29, 1.82) is 0 Å². The quantitative estimate of drug-likeness (QED) is 0.800. The molecule has 1 saturated heterocycles. The fraction of sp³-hybridized carbons (Fsp3) is 0.375. The maximum Gasteiger partial charge on any atom is 0.313 e. The molecule has 0 radical (unpaired) electrons. The Morgan fingerprint density at radius 3 is 2.39 bits per heavy atom. The largest absolute Gasteiger partial charge is 0.466 e. The number of carbonyl (C=O) groups is 1. The molecule has 2 atom stereocenters. The van der Waals surface area contributed by atoms with Gasteiger partial charge in [0.15, 0.2) is 0 Å². The number of ether oxygens (including phenoxy) is 1. The molecule has 1 aliphatic carbocycles. The SMILES string of the molecule is CCOC(=O)C1C(c2ccc(C)cc2)CC(c2ccccc2)=CC12NCCN2. The number of aryl methyl sites for hydroxylation is 1. The van der Waals surface area contributed by atoms with Gasteiger partial charge in [0.2, 0.25) is 0 Å². The molecule has 1 fully saturated rings. The predicted octanol–water partition coefficient (Wildman–Crippen LogP) is 3.63. The van der Waals surface area contributed by atoms with Crippen LogP contribution in [0.15, 0.2) is 60.7 Å². The van der Waals surface area contributed by atoms with Gasteiger partial charge in [-0.15, -0.1) is 0 Å². The van der Waals surface area contributed by atoms with E-state index >= 15 is 0 Å². The average molecular weight is 377 g/mol. The van der Waals surface area contributed by atoms with Crippen molar-refractivity contribution in [1.82, 2.24) is 10.6 Å². The van der Waals surface area contributed by atoms with Crippen LogP contribution in [0.25, 0.3) is 5.57 Å². The first-order valence-electron chi connectivity index (χ1n) is 10.1. The van der Waals surface area contributed by atoms with Crippen LogP contribution < -0.4 is 10.6 Å². The smallest absolute Gasteiger partial charge is 0.313 e. The fourth-order valence-corrected chi connectivity index (χ4v) is 4.58. The Morgan fingerprint density at radius 2 is 1.75 bits per heavy atom. The summed E-state index contributed by atoms with van der Waals surface area (Å²) >= 11 is 0. The van der Waals surface area contributed by atoms with Gasteiger partial charge in [0.25, 0.3) is 0 Å². The lowest BCUT2D eigenvalue weighted by atomic mass is 9.69. The minimum atomic E-state index is -0.578. The molecule has 1 heterocycles. The number of nitrogens with one attached hydrogen (secondary N) is 2. The zero-order valence-corrected chi connectivity index (χ0v) is 16.6. The van der Waals surface area contributed by atoms with Crippen molar-refractivity contribution in [2.24, 2.45) is 5.92 Å². The van der Waals surface area contributed by atoms with Crippen LogP contribution in [0, 0.1) is 12.8 Å². The number of allylic oxidation sites excluding steroid dienone is 1. The van der Waals surface area contributed by atoms with Gasteiger partial charge in [-0.3, -0.25) is 15.4 Å². The summed E-state index contributed by atoms with van der Waals surface area (Å²) in [5, 5.41) is 7.17. The summed E-state index contributed by atoms with van der Waals surface area (Å²) in [6.07, 6.45) is 3.03. The van der Waals surface area contributed by atoms with Crippen molar-refractivity contribution < 1.29 is 9.53 Å². The molecule has 4 nitrogen and oxygen atoms in total. The first-order chi connectivity index (χ1) is 13.6. The van der Waals surface area contributed by atoms with E-state index in [2.05, 4.69) is 72.2 Å². The second-order valence-corrected chi connectivity index (χ2v) is 7.71. The molecule has 2 aromatic rings. The van der Waals surface area contributed by atoms with E-state index in [1.807, 2.05) is 13.0 Å². The van der Waals surface area contributed by atoms with Gasteiger partial charge in [-0.25, -0.2) is 0 Å². The van der Waals surface area contributed by atoms with E-state index in [9.17, 15) is 4.79 Å². The highest BCUT2D eigenvalue weighted by Crippen LogP contribution is 2.46. The Balaban J connectivity index is 1.83. The second-order valence-electron chi connectivity index (χ2n) is 7.71. The molecule has 2 aliphatic rings. The minimum Gasteiger partial charge on any atom is -0.466 e. The molecule has 4 heteroatoms. The van der Waals surface area contributed by atoms with Gasteiger partial charge in [-0.05, 0) is 43.0 Å². The van der Waals surface area contributed by atoms with Crippen LogP contribution in [0.2, 0.25) is 0 Å². The Hall–Kier alpha value is -2.43. The number of rotatable bonds is 4. The number of esters is 1. The van der Waals surface area contributed by atoms with Crippen molar-refractivity contribution in [3.05, 3.63) is 77.4 Å². The maximum absolute atomic E-state index is 13.1. The molecular formula is C24H28N2O2. The zero-order chi connectivity index (χ0) is 19.6. The third kappa shape index (κ3) is 3.50. The Labute approximate surface area is 167 Å². The van der Waals surface area contributed by atoms with Crippen LogP contribution in [0.3, 0.4) is 0 Å². The molecule has 1 spiro atoms. The molecule has 146 valence electrons. The van der Waals surface area contributed by atoms with E-state index in [1.54, 1.807) is 0 Å². The predicted molar refractivity (Wildman–Crippen MR) is 112 cm³/mol.